The van der Waals surface area contributed by atoms with Gasteiger partial charge in [-0.15, -0.1) is 0 Å². The molecule has 0 bridgehead atoms. The van der Waals surface area contributed by atoms with Crippen molar-refractivity contribution in [1.29, 1.82) is 0 Å². The molecule has 0 saturated carbocycles. The van der Waals surface area contributed by atoms with E-state index >= 15 is 0 Å². The lowest BCUT2D eigenvalue weighted by atomic mass is 9.77. The molecule has 1 heterocycles. The van der Waals surface area contributed by atoms with Gasteiger partial charge < -0.3 is 4.74 Å². The number of ketones is 1. The van der Waals surface area contributed by atoms with Crippen LogP contribution in [0.2, 0.25) is 0 Å². The molecule has 1 atom stereocenters. The predicted molar refractivity (Wildman–Crippen MR) is 61.0 cm³/mol. The Balaban J connectivity index is 1.92. The third-order valence-electron chi connectivity index (χ3n) is 3.55. The van der Waals surface area contributed by atoms with E-state index in [1.807, 2.05) is 0 Å². The number of allylic oxidation sites excluding steroid dienone is 1. The standard InChI is InChI=1S/C14H14O2/c15-13-6-8-16-14(10-13)7-5-11-3-1-2-4-12(11)9-14/h1-4,6,8H,5,7,9-10H2. The number of carbonyl (C=O) groups is 1. The first-order valence-corrected chi connectivity index (χ1v) is 5.71. The topological polar surface area (TPSA) is 26.3 Å². The summed E-state index contributed by atoms with van der Waals surface area (Å²) in [4.78, 5) is 11.5. The van der Waals surface area contributed by atoms with E-state index in [1.165, 1.54) is 17.2 Å². The van der Waals surface area contributed by atoms with Crippen molar-refractivity contribution in [1.82, 2.24) is 0 Å². The van der Waals surface area contributed by atoms with Crippen molar-refractivity contribution in [3.8, 4) is 0 Å². The number of fused-ring (bicyclic) bond motifs is 1. The van der Waals surface area contributed by atoms with Crippen LogP contribution in [0.3, 0.4) is 0 Å². The smallest absolute Gasteiger partial charge is 0.162 e. The number of aryl methyl sites for hydroxylation is 1. The zero-order chi connectivity index (χ0) is 11.0. The van der Waals surface area contributed by atoms with Gasteiger partial charge in [-0.05, 0) is 24.0 Å². The Labute approximate surface area is 94.9 Å². The molecular weight excluding hydrogens is 200 g/mol. The summed E-state index contributed by atoms with van der Waals surface area (Å²) in [5, 5.41) is 0. The normalized spacial score (nSPS) is 27.6. The van der Waals surface area contributed by atoms with Crippen LogP contribution in [-0.2, 0) is 22.4 Å². The third kappa shape index (κ3) is 1.54. The van der Waals surface area contributed by atoms with Crippen LogP contribution in [0, 0.1) is 0 Å². The van der Waals surface area contributed by atoms with Gasteiger partial charge in [-0.25, -0.2) is 0 Å². The van der Waals surface area contributed by atoms with Gasteiger partial charge in [-0.1, -0.05) is 24.3 Å². The summed E-state index contributed by atoms with van der Waals surface area (Å²) in [6, 6.07) is 8.44. The van der Waals surface area contributed by atoms with Crippen LogP contribution in [0.25, 0.3) is 0 Å². The molecule has 0 aromatic heterocycles. The highest BCUT2D eigenvalue weighted by Crippen LogP contribution is 2.36. The summed E-state index contributed by atoms with van der Waals surface area (Å²) in [5.41, 5.74) is 2.47. The fourth-order valence-electron chi connectivity index (χ4n) is 2.70. The van der Waals surface area contributed by atoms with Crippen molar-refractivity contribution >= 4 is 5.78 Å². The Bertz CT molecular complexity index is 462. The molecular formula is C14H14O2. The van der Waals surface area contributed by atoms with Crippen LogP contribution in [0.15, 0.2) is 36.6 Å². The van der Waals surface area contributed by atoms with Crippen molar-refractivity contribution < 1.29 is 9.53 Å². The van der Waals surface area contributed by atoms with Crippen LogP contribution < -0.4 is 0 Å². The van der Waals surface area contributed by atoms with Crippen molar-refractivity contribution in [2.24, 2.45) is 0 Å². The van der Waals surface area contributed by atoms with E-state index < -0.39 is 0 Å². The van der Waals surface area contributed by atoms with Gasteiger partial charge in [0.1, 0.15) is 5.60 Å². The predicted octanol–water partition coefficient (Wildman–Crippen LogP) is 2.42. The van der Waals surface area contributed by atoms with E-state index in [4.69, 9.17) is 4.74 Å². The van der Waals surface area contributed by atoms with Gasteiger partial charge in [0.2, 0.25) is 0 Å². The van der Waals surface area contributed by atoms with Crippen LogP contribution in [0.5, 0.6) is 0 Å². The number of hydrogen-bond donors (Lipinski definition) is 0. The molecule has 0 radical (unpaired) electrons. The monoisotopic (exact) mass is 214 g/mol. The Kier molecular flexibility index (Phi) is 2.10. The Morgan fingerprint density at radius 1 is 1.12 bits per heavy atom. The zero-order valence-corrected chi connectivity index (χ0v) is 9.11. The molecule has 2 nitrogen and oxygen atoms in total. The first-order valence-electron chi connectivity index (χ1n) is 5.71. The summed E-state index contributed by atoms with van der Waals surface area (Å²) in [6.07, 6.45) is 6.44. The van der Waals surface area contributed by atoms with Crippen molar-refractivity contribution in [2.45, 2.75) is 31.3 Å². The highest BCUT2D eigenvalue weighted by Gasteiger charge is 2.38. The van der Waals surface area contributed by atoms with Gasteiger partial charge in [0.25, 0.3) is 0 Å². The molecule has 1 unspecified atom stereocenters. The molecule has 2 aliphatic rings. The van der Waals surface area contributed by atoms with Crippen LogP contribution in [0.1, 0.15) is 24.0 Å². The number of carbonyl (C=O) groups excluding carboxylic acids is 1. The molecule has 1 spiro atoms. The van der Waals surface area contributed by atoms with E-state index in [0.717, 1.165) is 19.3 Å². The summed E-state index contributed by atoms with van der Waals surface area (Å²) in [7, 11) is 0. The van der Waals surface area contributed by atoms with Crippen molar-refractivity contribution in [3.63, 3.8) is 0 Å². The van der Waals surface area contributed by atoms with Crippen molar-refractivity contribution in [3.05, 3.63) is 47.7 Å². The maximum atomic E-state index is 11.5. The fourth-order valence-corrected chi connectivity index (χ4v) is 2.70. The molecule has 1 aliphatic carbocycles. The molecule has 1 aromatic carbocycles. The molecule has 82 valence electrons. The van der Waals surface area contributed by atoms with E-state index in [2.05, 4.69) is 24.3 Å². The van der Waals surface area contributed by atoms with Gasteiger partial charge in [-0.2, -0.15) is 0 Å². The molecule has 0 fully saturated rings. The molecule has 0 N–H and O–H groups in total. The molecule has 0 saturated heterocycles. The SMILES string of the molecule is O=C1C=COC2(CCc3ccccc3C2)C1. The van der Waals surface area contributed by atoms with Gasteiger partial charge in [0.15, 0.2) is 5.78 Å². The molecule has 0 amide bonds. The van der Waals surface area contributed by atoms with Gasteiger partial charge in [0.05, 0.1) is 12.7 Å². The first-order chi connectivity index (χ1) is 7.77. The zero-order valence-electron chi connectivity index (χ0n) is 9.11. The minimum absolute atomic E-state index is 0.186. The van der Waals surface area contributed by atoms with Gasteiger partial charge in [-0.3, -0.25) is 4.79 Å². The van der Waals surface area contributed by atoms with Crippen LogP contribution >= 0.6 is 0 Å². The second-order valence-electron chi connectivity index (χ2n) is 4.69. The summed E-state index contributed by atoms with van der Waals surface area (Å²) in [5.74, 6) is 0.186. The second kappa shape index (κ2) is 3.48. The quantitative estimate of drug-likeness (QED) is 0.663. The Morgan fingerprint density at radius 3 is 2.75 bits per heavy atom. The highest BCUT2D eigenvalue weighted by molar-refractivity contribution is 5.91. The lowest BCUT2D eigenvalue weighted by molar-refractivity contribution is -0.123. The maximum Gasteiger partial charge on any atom is 0.162 e. The van der Waals surface area contributed by atoms with Crippen LogP contribution in [0.4, 0.5) is 0 Å². The van der Waals surface area contributed by atoms with E-state index in [1.54, 1.807) is 6.26 Å². The molecule has 2 heteroatoms. The van der Waals surface area contributed by atoms with Gasteiger partial charge in [0, 0.05) is 12.5 Å². The minimum Gasteiger partial charge on any atom is -0.494 e. The van der Waals surface area contributed by atoms with Crippen molar-refractivity contribution in [2.75, 3.05) is 0 Å². The number of rotatable bonds is 0. The Hall–Kier alpha value is -1.57. The van der Waals surface area contributed by atoms with Crippen LogP contribution in [-0.4, -0.2) is 11.4 Å². The number of benzene rings is 1. The molecule has 1 aromatic rings. The lowest BCUT2D eigenvalue weighted by Gasteiger charge is -2.38. The molecule has 3 rings (SSSR count). The van der Waals surface area contributed by atoms with E-state index in [9.17, 15) is 4.79 Å². The summed E-state index contributed by atoms with van der Waals surface area (Å²) < 4.78 is 5.73. The summed E-state index contributed by atoms with van der Waals surface area (Å²) >= 11 is 0. The number of hydrogen-bond acceptors (Lipinski definition) is 2. The number of ether oxygens (including phenoxy) is 1. The minimum atomic E-state index is -0.264. The molecule has 1 aliphatic heterocycles. The Morgan fingerprint density at radius 2 is 1.94 bits per heavy atom. The van der Waals surface area contributed by atoms with Gasteiger partial charge >= 0.3 is 0 Å². The fraction of sp³-hybridized carbons (Fsp3) is 0.357. The lowest BCUT2D eigenvalue weighted by Crippen LogP contribution is -2.41. The third-order valence-corrected chi connectivity index (χ3v) is 3.55. The summed E-state index contributed by atoms with van der Waals surface area (Å²) in [6.45, 7) is 0. The average Bonchev–Trinajstić information content (AvgIpc) is 2.28. The largest absolute Gasteiger partial charge is 0.494 e. The maximum absolute atomic E-state index is 11.5. The first kappa shape index (κ1) is 9.64. The second-order valence-corrected chi connectivity index (χ2v) is 4.69. The average molecular weight is 214 g/mol. The highest BCUT2D eigenvalue weighted by atomic mass is 16.5. The van der Waals surface area contributed by atoms with E-state index in [-0.39, 0.29) is 11.4 Å². The van der Waals surface area contributed by atoms with E-state index in [0.29, 0.717) is 6.42 Å². The molecule has 16 heavy (non-hydrogen) atoms.